The highest BCUT2D eigenvalue weighted by molar-refractivity contribution is 14.1. The third kappa shape index (κ3) is 1.90. The van der Waals surface area contributed by atoms with Gasteiger partial charge >= 0.3 is 0 Å². The van der Waals surface area contributed by atoms with Crippen LogP contribution in [-0.4, -0.2) is 0 Å². The third-order valence-corrected chi connectivity index (χ3v) is 2.58. The Morgan fingerprint density at radius 2 is 2.25 bits per heavy atom. The highest BCUT2D eigenvalue weighted by atomic mass is 127. The van der Waals surface area contributed by atoms with Crippen molar-refractivity contribution in [3.8, 4) is 6.07 Å². The molecule has 0 N–H and O–H groups in total. The highest BCUT2D eigenvalue weighted by Gasteiger charge is 2.05. The molecule has 0 amide bonds. The zero-order valence-electron chi connectivity index (χ0n) is 6.56. The van der Waals surface area contributed by atoms with E-state index in [-0.39, 0.29) is 0 Å². The summed E-state index contributed by atoms with van der Waals surface area (Å²) in [6.07, 6.45) is 0. The van der Waals surface area contributed by atoms with Crippen LogP contribution < -0.4 is 0 Å². The summed E-state index contributed by atoms with van der Waals surface area (Å²) in [5, 5.41) is 8.79. The fourth-order valence-electron chi connectivity index (χ4n) is 1.05. The average Bonchev–Trinajstić information content (AvgIpc) is 2.03. The molecule has 1 aromatic carbocycles. The summed E-state index contributed by atoms with van der Waals surface area (Å²) in [5.41, 5.74) is 2.72. The van der Waals surface area contributed by atoms with E-state index >= 15 is 0 Å². The van der Waals surface area contributed by atoms with E-state index in [4.69, 9.17) is 16.9 Å². The second kappa shape index (κ2) is 4.11. The molecule has 0 spiro atoms. The van der Waals surface area contributed by atoms with E-state index in [1.807, 2.05) is 19.1 Å². The van der Waals surface area contributed by atoms with Crippen LogP contribution in [0.25, 0.3) is 0 Å². The molecule has 0 unspecified atom stereocenters. The van der Waals surface area contributed by atoms with Crippen molar-refractivity contribution in [2.75, 3.05) is 0 Å². The fraction of sp³-hybridized carbons (Fsp3) is 0.222. The van der Waals surface area contributed by atoms with Crippen molar-refractivity contribution < 1.29 is 0 Å². The summed E-state index contributed by atoms with van der Waals surface area (Å²) in [6, 6.07) is 6.02. The van der Waals surface area contributed by atoms with Crippen molar-refractivity contribution in [1.82, 2.24) is 0 Å². The van der Waals surface area contributed by atoms with Gasteiger partial charge in [-0.05, 0) is 52.8 Å². The molecule has 0 fully saturated rings. The average molecular weight is 292 g/mol. The molecule has 12 heavy (non-hydrogen) atoms. The van der Waals surface area contributed by atoms with Gasteiger partial charge in [0.05, 0.1) is 11.6 Å². The molecule has 0 radical (unpaired) electrons. The maximum Gasteiger partial charge on any atom is 0.0995 e. The first-order valence-corrected chi connectivity index (χ1v) is 5.05. The summed E-state index contributed by atoms with van der Waals surface area (Å²) in [7, 11) is 0. The SMILES string of the molecule is Cc1cc(I)cc(C#N)c1CCl. The molecule has 62 valence electrons. The number of rotatable bonds is 1. The maximum absolute atomic E-state index is 8.79. The maximum atomic E-state index is 8.79. The molecule has 1 rings (SSSR count). The van der Waals surface area contributed by atoms with E-state index in [1.54, 1.807) is 0 Å². The molecule has 1 nitrogen and oxygen atoms in total. The summed E-state index contributed by atoms with van der Waals surface area (Å²) in [5.74, 6) is 0.408. The van der Waals surface area contributed by atoms with Crippen molar-refractivity contribution in [2.45, 2.75) is 12.8 Å². The second-order valence-corrected chi connectivity index (χ2v) is 4.01. The standard InChI is InChI=1S/C9H7ClIN/c1-6-2-8(11)3-7(5-12)9(6)4-10/h2-3H,4H2,1H3. The molecule has 3 heteroatoms. The normalized spacial score (nSPS) is 9.50. The van der Waals surface area contributed by atoms with Gasteiger partial charge < -0.3 is 0 Å². The fourth-order valence-corrected chi connectivity index (χ4v) is 2.18. The van der Waals surface area contributed by atoms with Crippen molar-refractivity contribution in [3.05, 3.63) is 32.4 Å². The smallest absolute Gasteiger partial charge is 0.0995 e. The lowest BCUT2D eigenvalue weighted by Crippen LogP contribution is -1.91. The van der Waals surface area contributed by atoms with E-state index in [0.29, 0.717) is 11.4 Å². The highest BCUT2D eigenvalue weighted by Crippen LogP contribution is 2.19. The van der Waals surface area contributed by atoms with Crippen LogP contribution in [0.5, 0.6) is 0 Å². The number of nitrogens with zero attached hydrogens (tertiary/aromatic N) is 1. The predicted molar refractivity (Wildman–Crippen MR) is 58.2 cm³/mol. The molecule has 0 heterocycles. The van der Waals surface area contributed by atoms with E-state index in [9.17, 15) is 0 Å². The summed E-state index contributed by atoms with van der Waals surface area (Å²) < 4.78 is 1.08. The van der Waals surface area contributed by atoms with Gasteiger partial charge in [0, 0.05) is 9.45 Å². The first kappa shape index (κ1) is 9.82. The van der Waals surface area contributed by atoms with Gasteiger partial charge in [0.2, 0.25) is 0 Å². The number of nitriles is 1. The van der Waals surface area contributed by atoms with Crippen molar-refractivity contribution in [2.24, 2.45) is 0 Å². The molecule has 0 bridgehead atoms. The molecule has 1 aromatic rings. The summed E-state index contributed by atoms with van der Waals surface area (Å²) >= 11 is 7.91. The third-order valence-electron chi connectivity index (χ3n) is 1.69. The molecule has 0 aliphatic heterocycles. The molecule has 0 aliphatic carbocycles. The largest absolute Gasteiger partial charge is 0.192 e. The lowest BCUT2D eigenvalue weighted by Gasteiger charge is -2.04. The Morgan fingerprint density at radius 1 is 1.58 bits per heavy atom. The Kier molecular flexibility index (Phi) is 3.36. The molecule has 0 aromatic heterocycles. The van der Waals surface area contributed by atoms with Crippen LogP contribution in [0.1, 0.15) is 16.7 Å². The summed E-state index contributed by atoms with van der Waals surface area (Å²) in [4.78, 5) is 0. The second-order valence-electron chi connectivity index (χ2n) is 2.49. The number of benzene rings is 1. The van der Waals surface area contributed by atoms with Crippen LogP contribution in [0.15, 0.2) is 12.1 Å². The Bertz CT molecular complexity index is 341. The van der Waals surface area contributed by atoms with Crippen LogP contribution in [0.2, 0.25) is 0 Å². The van der Waals surface area contributed by atoms with Crippen LogP contribution >= 0.6 is 34.2 Å². The van der Waals surface area contributed by atoms with Gasteiger partial charge in [0.25, 0.3) is 0 Å². The van der Waals surface area contributed by atoms with Gasteiger partial charge in [-0.25, -0.2) is 0 Å². The Balaban J connectivity index is 3.36. The van der Waals surface area contributed by atoms with Crippen LogP contribution in [-0.2, 0) is 5.88 Å². The minimum absolute atomic E-state index is 0.408. The number of hydrogen-bond acceptors (Lipinski definition) is 1. The monoisotopic (exact) mass is 291 g/mol. The van der Waals surface area contributed by atoms with Gasteiger partial charge in [-0.15, -0.1) is 11.6 Å². The Hall–Kier alpha value is -0.270. The van der Waals surface area contributed by atoms with Crippen LogP contribution in [0.4, 0.5) is 0 Å². The first-order chi connectivity index (χ1) is 5.69. The molecule has 0 saturated heterocycles. The number of alkyl halides is 1. The van der Waals surface area contributed by atoms with E-state index < -0.39 is 0 Å². The zero-order chi connectivity index (χ0) is 9.14. The van der Waals surface area contributed by atoms with Gasteiger partial charge in [-0.3, -0.25) is 0 Å². The molecule has 0 atom stereocenters. The van der Waals surface area contributed by atoms with Gasteiger partial charge in [0.15, 0.2) is 0 Å². The lowest BCUT2D eigenvalue weighted by atomic mass is 10.0. The van der Waals surface area contributed by atoms with E-state index in [1.165, 1.54) is 0 Å². The van der Waals surface area contributed by atoms with Gasteiger partial charge in [-0.1, -0.05) is 0 Å². The van der Waals surface area contributed by atoms with Crippen LogP contribution in [0, 0.1) is 21.8 Å². The Morgan fingerprint density at radius 3 is 2.75 bits per heavy atom. The minimum Gasteiger partial charge on any atom is -0.192 e. The van der Waals surface area contributed by atoms with Crippen molar-refractivity contribution in [1.29, 1.82) is 5.26 Å². The first-order valence-electron chi connectivity index (χ1n) is 3.44. The van der Waals surface area contributed by atoms with Crippen molar-refractivity contribution >= 4 is 34.2 Å². The number of aryl methyl sites for hydroxylation is 1. The van der Waals surface area contributed by atoms with Gasteiger partial charge in [0.1, 0.15) is 0 Å². The number of hydrogen-bond donors (Lipinski definition) is 0. The predicted octanol–water partition coefficient (Wildman–Crippen LogP) is 3.21. The summed E-state index contributed by atoms with van der Waals surface area (Å²) in [6.45, 7) is 1.97. The lowest BCUT2D eigenvalue weighted by molar-refractivity contribution is 1.26. The molecular formula is C9H7ClIN. The molecule has 0 saturated carbocycles. The quantitative estimate of drug-likeness (QED) is 0.576. The van der Waals surface area contributed by atoms with Crippen molar-refractivity contribution in [3.63, 3.8) is 0 Å². The van der Waals surface area contributed by atoms with Crippen LogP contribution in [0.3, 0.4) is 0 Å². The van der Waals surface area contributed by atoms with Gasteiger partial charge in [-0.2, -0.15) is 5.26 Å². The molecule has 0 aliphatic rings. The van der Waals surface area contributed by atoms with E-state index in [0.717, 1.165) is 14.7 Å². The minimum atomic E-state index is 0.408. The number of halogens is 2. The topological polar surface area (TPSA) is 23.8 Å². The molecular weight excluding hydrogens is 284 g/mol. The Labute approximate surface area is 90.5 Å². The van der Waals surface area contributed by atoms with E-state index in [2.05, 4.69) is 28.7 Å². The zero-order valence-corrected chi connectivity index (χ0v) is 9.48.